The Labute approximate surface area is 124 Å². The number of hydrogen-bond donors (Lipinski definition) is 2. The third-order valence-corrected chi connectivity index (χ3v) is 3.55. The van der Waals surface area contributed by atoms with Gasteiger partial charge in [-0.05, 0) is 58.7 Å². The summed E-state index contributed by atoms with van der Waals surface area (Å²) in [5.41, 5.74) is 1.96. The van der Waals surface area contributed by atoms with E-state index >= 15 is 0 Å². The number of nitrogens with one attached hydrogen (secondary N) is 1. The van der Waals surface area contributed by atoms with Crippen LogP contribution in [0.2, 0.25) is 5.02 Å². The highest BCUT2D eigenvalue weighted by atomic mass is 79.9. The van der Waals surface area contributed by atoms with E-state index in [1.54, 1.807) is 6.07 Å². The summed E-state index contributed by atoms with van der Waals surface area (Å²) in [7, 11) is 0. The molecule has 0 spiro atoms. The van der Waals surface area contributed by atoms with Crippen LogP contribution in [0.1, 0.15) is 15.9 Å². The lowest BCUT2D eigenvalue weighted by Gasteiger charge is -2.09. The molecule has 0 atom stereocenters. The second-order valence-corrected chi connectivity index (χ2v) is 5.36. The van der Waals surface area contributed by atoms with Crippen molar-refractivity contribution in [2.24, 2.45) is 0 Å². The lowest BCUT2D eigenvalue weighted by molar-refractivity contribution is 0.102. The minimum absolute atomic E-state index is 0.00229. The summed E-state index contributed by atoms with van der Waals surface area (Å²) >= 11 is 9.32. The predicted octanol–water partition coefficient (Wildman–Crippen LogP) is 4.37. The van der Waals surface area contributed by atoms with Crippen molar-refractivity contribution in [3.63, 3.8) is 0 Å². The van der Waals surface area contributed by atoms with Gasteiger partial charge in [-0.25, -0.2) is 0 Å². The first kappa shape index (κ1) is 13.9. The van der Waals surface area contributed by atoms with Crippen molar-refractivity contribution in [3.05, 3.63) is 57.0 Å². The molecule has 2 rings (SSSR count). The van der Waals surface area contributed by atoms with Crippen LogP contribution >= 0.6 is 27.5 Å². The standard InChI is InChI=1S/C14H11BrClNO2/c1-8-2-5-13(11(15)6-8)17-14(19)10-7-9(18)3-4-12(10)16/h2-7,18H,1H3,(H,17,19). The Morgan fingerprint density at radius 1 is 1.26 bits per heavy atom. The number of hydrogen-bond acceptors (Lipinski definition) is 2. The minimum atomic E-state index is -0.370. The first-order valence-electron chi connectivity index (χ1n) is 5.53. The second kappa shape index (κ2) is 5.63. The maximum atomic E-state index is 12.1. The largest absolute Gasteiger partial charge is 0.508 e. The molecule has 0 saturated heterocycles. The van der Waals surface area contributed by atoms with Crippen molar-refractivity contribution in [2.45, 2.75) is 6.92 Å². The first-order valence-corrected chi connectivity index (χ1v) is 6.70. The minimum Gasteiger partial charge on any atom is -0.508 e. The van der Waals surface area contributed by atoms with Gasteiger partial charge >= 0.3 is 0 Å². The fraction of sp³-hybridized carbons (Fsp3) is 0.0714. The van der Waals surface area contributed by atoms with Gasteiger partial charge in [0.25, 0.3) is 5.91 Å². The summed E-state index contributed by atoms with van der Waals surface area (Å²) in [6, 6.07) is 9.84. The number of carbonyl (C=O) groups excluding carboxylic acids is 1. The van der Waals surface area contributed by atoms with Crippen LogP contribution < -0.4 is 5.32 Å². The van der Waals surface area contributed by atoms with Crippen molar-refractivity contribution >= 4 is 39.1 Å². The van der Waals surface area contributed by atoms with E-state index < -0.39 is 0 Å². The van der Waals surface area contributed by atoms with Gasteiger partial charge < -0.3 is 10.4 Å². The molecule has 1 amide bonds. The van der Waals surface area contributed by atoms with Crippen LogP contribution in [0, 0.1) is 6.92 Å². The maximum absolute atomic E-state index is 12.1. The Kier molecular flexibility index (Phi) is 4.12. The van der Waals surface area contributed by atoms with Crippen molar-refractivity contribution in [1.82, 2.24) is 0 Å². The van der Waals surface area contributed by atoms with Crippen LogP contribution in [0.3, 0.4) is 0 Å². The number of carbonyl (C=O) groups is 1. The first-order chi connectivity index (χ1) is 8.97. The second-order valence-electron chi connectivity index (χ2n) is 4.10. The molecule has 0 aliphatic heterocycles. The highest BCUT2D eigenvalue weighted by molar-refractivity contribution is 9.10. The molecular weight excluding hydrogens is 330 g/mol. The van der Waals surface area contributed by atoms with Crippen molar-refractivity contribution < 1.29 is 9.90 Å². The van der Waals surface area contributed by atoms with Gasteiger partial charge in [0.15, 0.2) is 0 Å². The van der Waals surface area contributed by atoms with E-state index in [9.17, 15) is 9.90 Å². The average Bonchev–Trinajstić information content (AvgIpc) is 2.35. The molecule has 5 heteroatoms. The molecule has 0 unspecified atom stereocenters. The van der Waals surface area contributed by atoms with E-state index in [0.717, 1.165) is 10.0 Å². The van der Waals surface area contributed by atoms with E-state index in [0.29, 0.717) is 10.7 Å². The van der Waals surface area contributed by atoms with Crippen molar-refractivity contribution in [3.8, 4) is 5.75 Å². The smallest absolute Gasteiger partial charge is 0.257 e. The van der Waals surface area contributed by atoms with E-state index in [1.807, 2.05) is 19.1 Å². The Balaban J connectivity index is 2.28. The molecule has 0 heterocycles. The monoisotopic (exact) mass is 339 g/mol. The molecule has 3 nitrogen and oxygen atoms in total. The van der Waals surface area contributed by atoms with Crippen LogP contribution in [-0.4, -0.2) is 11.0 Å². The maximum Gasteiger partial charge on any atom is 0.257 e. The summed E-state index contributed by atoms with van der Waals surface area (Å²) in [6.07, 6.45) is 0. The summed E-state index contributed by atoms with van der Waals surface area (Å²) < 4.78 is 0.789. The summed E-state index contributed by atoms with van der Waals surface area (Å²) in [5.74, 6) is -0.372. The number of aromatic hydroxyl groups is 1. The Hall–Kier alpha value is -1.52. The van der Waals surface area contributed by atoms with E-state index in [1.165, 1.54) is 18.2 Å². The quantitative estimate of drug-likeness (QED) is 0.853. The van der Waals surface area contributed by atoms with Crippen LogP contribution in [0.25, 0.3) is 0 Å². The molecule has 2 aromatic carbocycles. The van der Waals surface area contributed by atoms with Crippen LogP contribution in [0.4, 0.5) is 5.69 Å². The molecule has 2 N–H and O–H groups in total. The fourth-order valence-corrected chi connectivity index (χ4v) is 2.39. The molecule has 0 bridgehead atoms. The van der Waals surface area contributed by atoms with Gasteiger partial charge in [-0.15, -0.1) is 0 Å². The van der Waals surface area contributed by atoms with Gasteiger partial charge in [0, 0.05) is 4.47 Å². The summed E-state index contributed by atoms with van der Waals surface area (Å²) in [4.78, 5) is 12.1. The summed E-state index contributed by atoms with van der Waals surface area (Å²) in [5, 5.41) is 12.4. The Morgan fingerprint density at radius 3 is 2.68 bits per heavy atom. The van der Waals surface area contributed by atoms with Gasteiger partial charge in [-0.3, -0.25) is 4.79 Å². The molecule has 2 aromatic rings. The van der Waals surface area contributed by atoms with Gasteiger partial charge in [0.2, 0.25) is 0 Å². The van der Waals surface area contributed by atoms with E-state index in [4.69, 9.17) is 11.6 Å². The van der Waals surface area contributed by atoms with Gasteiger partial charge in [0.1, 0.15) is 5.75 Å². The van der Waals surface area contributed by atoms with Crippen molar-refractivity contribution in [2.75, 3.05) is 5.32 Å². The number of phenols is 1. The molecule has 0 saturated carbocycles. The zero-order valence-electron chi connectivity index (χ0n) is 10.1. The van der Waals surface area contributed by atoms with Gasteiger partial charge in [-0.1, -0.05) is 17.7 Å². The molecular formula is C14H11BrClNO2. The van der Waals surface area contributed by atoms with Crippen LogP contribution in [0.15, 0.2) is 40.9 Å². The normalized spacial score (nSPS) is 10.3. The number of amides is 1. The van der Waals surface area contributed by atoms with E-state index in [-0.39, 0.29) is 17.2 Å². The highest BCUT2D eigenvalue weighted by Crippen LogP contribution is 2.26. The molecule has 98 valence electrons. The topological polar surface area (TPSA) is 49.3 Å². The predicted molar refractivity (Wildman–Crippen MR) is 79.9 cm³/mol. The lowest BCUT2D eigenvalue weighted by Crippen LogP contribution is -2.12. The number of aryl methyl sites for hydroxylation is 1. The molecule has 0 aliphatic rings. The Morgan fingerprint density at radius 2 is 2.00 bits per heavy atom. The Bertz CT molecular complexity index is 643. The zero-order chi connectivity index (χ0) is 14.0. The molecule has 0 aromatic heterocycles. The number of halogens is 2. The zero-order valence-corrected chi connectivity index (χ0v) is 12.4. The fourth-order valence-electron chi connectivity index (χ4n) is 1.60. The third kappa shape index (κ3) is 3.28. The van der Waals surface area contributed by atoms with Crippen LogP contribution in [0.5, 0.6) is 5.75 Å². The molecule has 0 radical (unpaired) electrons. The van der Waals surface area contributed by atoms with Gasteiger partial charge in [-0.2, -0.15) is 0 Å². The third-order valence-electron chi connectivity index (χ3n) is 2.57. The lowest BCUT2D eigenvalue weighted by atomic mass is 10.2. The number of benzene rings is 2. The number of rotatable bonds is 2. The number of anilines is 1. The molecule has 0 fully saturated rings. The van der Waals surface area contributed by atoms with Crippen LogP contribution in [-0.2, 0) is 0 Å². The summed E-state index contributed by atoms with van der Waals surface area (Å²) in [6.45, 7) is 1.96. The number of phenolic OH excluding ortho intramolecular Hbond substituents is 1. The molecule has 0 aliphatic carbocycles. The average molecular weight is 341 g/mol. The van der Waals surface area contributed by atoms with Crippen molar-refractivity contribution in [1.29, 1.82) is 0 Å². The van der Waals surface area contributed by atoms with E-state index in [2.05, 4.69) is 21.2 Å². The van der Waals surface area contributed by atoms with Gasteiger partial charge in [0.05, 0.1) is 16.3 Å². The SMILES string of the molecule is Cc1ccc(NC(=O)c2cc(O)ccc2Cl)c(Br)c1. The highest BCUT2D eigenvalue weighted by Gasteiger charge is 2.12. The molecule has 19 heavy (non-hydrogen) atoms.